The van der Waals surface area contributed by atoms with Gasteiger partial charge in [-0.25, -0.2) is 0 Å². The molecule has 2 heterocycles. The van der Waals surface area contributed by atoms with Gasteiger partial charge >= 0.3 is 0 Å². The summed E-state index contributed by atoms with van der Waals surface area (Å²) in [6, 6.07) is 26.9. The molecule has 1 amide bonds. The number of nitrogens with zero attached hydrogens (tertiary/aromatic N) is 2. The summed E-state index contributed by atoms with van der Waals surface area (Å²) in [5, 5.41) is 0. The lowest BCUT2D eigenvalue weighted by Crippen LogP contribution is -2.40. The largest absolute Gasteiger partial charge is 0.457 e. The van der Waals surface area contributed by atoms with Crippen LogP contribution in [0.5, 0.6) is 11.5 Å². The van der Waals surface area contributed by atoms with Crippen LogP contribution in [0.25, 0.3) is 0 Å². The zero-order valence-electron chi connectivity index (χ0n) is 19.7. The van der Waals surface area contributed by atoms with E-state index in [1.807, 2.05) is 36.4 Å². The number of fused-ring (bicyclic) bond motifs is 1. The van der Waals surface area contributed by atoms with Crippen LogP contribution in [-0.2, 0) is 24.3 Å². The fraction of sp³-hybridized carbons (Fsp3) is 0.367. The third-order valence-electron chi connectivity index (χ3n) is 8.07. The average Bonchev–Trinajstić information content (AvgIpc) is 3.59. The molecule has 1 atom stereocenters. The van der Waals surface area contributed by atoms with Crippen LogP contribution in [0.2, 0.25) is 0 Å². The Balaban J connectivity index is 1.02. The molecule has 6 rings (SSSR count). The van der Waals surface area contributed by atoms with E-state index in [0.717, 1.165) is 69.9 Å². The second-order valence-corrected chi connectivity index (χ2v) is 10.2. The van der Waals surface area contributed by atoms with Crippen LogP contribution >= 0.6 is 0 Å². The fourth-order valence-electron chi connectivity index (χ4n) is 5.90. The highest BCUT2D eigenvalue weighted by molar-refractivity contribution is 5.83. The van der Waals surface area contributed by atoms with Crippen LogP contribution in [-0.4, -0.2) is 35.3 Å². The van der Waals surface area contributed by atoms with Crippen molar-refractivity contribution in [3.05, 3.63) is 95.6 Å². The first kappa shape index (κ1) is 21.4. The normalized spacial score (nSPS) is 21.2. The summed E-state index contributed by atoms with van der Waals surface area (Å²) in [6.45, 7) is 4.72. The third-order valence-corrected chi connectivity index (χ3v) is 8.07. The van der Waals surface area contributed by atoms with Gasteiger partial charge in [0.2, 0.25) is 5.91 Å². The molecule has 1 aliphatic carbocycles. The van der Waals surface area contributed by atoms with E-state index in [-0.39, 0.29) is 11.3 Å². The van der Waals surface area contributed by atoms with Crippen molar-refractivity contribution < 1.29 is 9.53 Å². The van der Waals surface area contributed by atoms with Crippen molar-refractivity contribution in [3.8, 4) is 11.5 Å². The molecule has 3 aliphatic rings. The minimum atomic E-state index is 0.238. The Hall–Kier alpha value is -3.11. The van der Waals surface area contributed by atoms with Crippen molar-refractivity contribution in [3.63, 3.8) is 0 Å². The van der Waals surface area contributed by atoms with E-state index in [1.165, 1.54) is 16.7 Å². The van der Waals surface area contributed by atoms with E-state index in [2.05, 4.69) is 52.3 Å². The van der Waals surface area contributed by atoms with Crippen molar-refractivity contribution >= 4 is 5.91 Å². The zero-order chi connectivity index (χ0) is 23.0. The topological polar surface area (TPSA) is 32.8 Å². The summed E-state index contributed by atoms with van der Waals surface area (Å²) in [4.78, 5) is 18.0. The van der Waals surface area contributed by atoms with Crippen LogP contribution in [0.1, 0.15) is 36.0 Å². The van der Waals surface area contributed by atoms with Crippen LogP contribution < -0.4 is 4.74 Å². The van der Waals surface area contributed by atoms with Crippen molar-refractivity contribution in [1.29, 1.82) is 0 Å². The zero-order valence-corrected chi connectivity index (χ0v) is 19.7. The number of rotatable bonds is 5. The van der Waals surface area contributed by atoms with Gasteiger partial charge in [-0.15, -0.1) is 0 Å². The van der Waals surface area contributed by atoms with Crippen molar-refractivity contribution in [1.82, 2.24) is 9.80 Å². The second kappa shape index (κ2) is 8.92. The van der Waals surface area contributed by atoms with Gasteiger partial charge in [0.15, 0.2) is 0 Å². The van der Waals surface area contributed by atoms with E-state index < -0.39 is 0 Å². The quantitative estimate of drug-likeness (QED) is 0.500. The monoisotopic (exact) mass is 452 g/mol. The number of para-hydroxylation sites is 1. The standard InChI is InChI=1S/C30H32N2O2/c33-29(32-16-13-24-8-4-5-9-25(24)22-32)28-20-30(28)14-17-31(18-15-30)21-23-7-6-12-27(19-23)34-26-10-2-1-3-11-26/h1-12,19,28H,13-18,20-22H2/t28-/m1/s1. The molecule has 1 saturated carbocycles. The molecule has 0 bridgehead atoms. The van der Waals surface area contributed by atoms with E-state index in [4.69, 9.17) is 4.74 Å². The van der Waals surface area contributed by atoms with E-state index in [1.54, 1.807) is 0 Å². The molecule has 34 heavy (non-hydrogen) atoms. The van der Waals surface area contributed by atoms with Crippen LogP contribution in [0.4, 0.5) is 0 Å². The Kier molecular flexibility index (Phi) is 5.62. The van der Waals surface area contributed by atoms with Crippen molar-refractivity contribution in [2.24, 2.45) is 11.3 Å². The molecule has 0 radical (unpaired) electrons. The number of piperidine rings is 1. The van der Waals surface area contributed by atoms with Crippen LogP contribution in [0.3, 0.4) is 0 Å². The van der Waals surface area contributed by atoms with Gasteiger partial charge < -0.3 is 9.64 Å². The molecule has 0 N–H and O–H groups in total. The predicted octanol–water partition coefficient (Wildman–Crippen LogP) is 5.67. The fourth-order valence-corrected chi connectivity index (χ4v) is 5.90. The summed E-state index contributed by atoms with van der Waals surface area (Å²) < 4.78 is 6.01. The average molecular weight is 453 g/mol. The van der Waals surface area contributed by atoms with E-state index in [0.29, 0.717) is 5.91 Å². The van der Waals surface area contributed by atoms with Gasteiger partial charge in [0.25, 0.3) is 0 Å². The lowest BCUT2D eigenvalue weighted by atomic mass is 9.90. The lowest BCUT2D eigenvalue weighted by Gasteiger charge is -2.34. The first-order valence-electron chi connectivity index (χ1n) is 12.6. The summed E-state index contributed by atoms with van der Waals surface area (Å²) in [5.41, 5.74) is 4.26. The molecule has 1 spiro atoms. The SMILES string of the molecule is O=C([C@H]1CC12CCN(Cc1cccc(Oc3ccccc3)c1)CC2)N1CCc2ccccc2C1. The number of hydrogen-bond donors (Lipinski definition) is 0. The van der Waals surface area contributed by atoms with Crippen LogP contribution in [0, 0.1) is 11.3 Å². The van der Waals surface area contributed by atoms with Gasteiger partial charge in [-0.1, -0.05) is 54.6 Å². The summed E-state index contributed by atoms with van der Waals surface area (Å²) in [7, 11) is 0. The van der Waals surface area contributed by atoms with Gasteiger partial charge in [-0.05, 0) is 85.1 Å². The molecule has 4 nitrogen and oxygen atoms in total. The molecule has 2 aliphatic heterocycles. The number of likely N-dealkylation sites (tertiary alicyclic amines) is 1. The maximum absolute atomic E-state index is 13.3. The maximum atomic E-state index is 13.3. The predicted molar refractivity (Wildman–Crippen MR) is 134 cm³/mol. The Morgan fingerprint density at radius 3 is 2.41 bits per heavy atom. The number of carbonyl (C=O) groups excluding carboxylic acids is 1. The van der Waals surface area contributed by atoms with Gasteiger partial charge in [0.05, 0.1) is 0 Å². The minimum Gasteiger partial charge on any atom is -0.457 e. The highest BCUT2D eigenvalue weighted by Crippen LogP contribution is 2.60. The Bertz CT molecular complexity index is 1170. The smallest absolute Gasteiger partial charge is 0.226 e. The summed E-state index contributed by atoms with van der Waals surface area (Å²) >= 11 is 0. The molecule has 3 aromatic rings. The molecular formula is C30H32N2O2. The highest BCUT2D eigenvalue weighted by atomic mass is 16.5. The Morgan fingerprint density at radius 2 is 1.59 bits per heavy atom. The van der Waals surface area contributed by atoms with Gasteiger partial charge in [-0.2, -0.15) is 0 Å². The first-order valence-corrected chi connectivity index (χ1v) is 12.6. The second-order valence-electron chi connectivity index (χ2n) is 10.2. The molecule has 0 aromatic heterocycles. The third kappa shape index (κ3) is 4.35. The number of carbonyl (C=O) groups is 1. The van der Waals surface area contributed by atoms with Crippen molar-refractivity contribution in [2.75, 3.05) is 19.6 Å². The highest BCUT2D eigenvalue weighted by Gasteiger charge is 2.59. The van der Waals surface area contributed by atoms with Crippen LogP contribution in [0.15, 0.2) is 78.9 Å². The Labute approximate surface area is 202 Å². The summed E-state index contributed by atoms with van der Waals surface area (Å²) in [5.74, 6) is 2.38. The maximum Gasteiger partial charge on any atom is 0.226 e. The molecule has 174 valence electrons. The first-order chi connectivity index (χ1) is 16.7. The molecule has 1 saturated heterocycles. The number of amides is 1. The Morgan fingerprint density at radius 1 is 0.853 bits per heavy atom. The van der Waals surface area contributed by atoms with E-state index >= 15 is 0 Å². The van der Waals surface area contributed by atoms with Gasteiger partial charge in [0.1, 0.15) is 11.5 Å². The minimum absolute atomic E-state index is 0.238. The molecule has 0 unspecified atom stereocenters. The summed E-state index contributed by atoms with van der Waals surface area (Å²) in [6.07, 6.45) is 4.34. The van der Waals surface area contributed by atoms with Gasteiger partial charge in [-0.3, -0.25) is 9.69 Å². The van der Waals surface area contributed by atoms with E-state index in [9.17, 15) is 4.79 Å². The number of benzene rings is 3. The molecule has 2 fully saturated rings. The molecular weight excluding hydrogens is 420 g/mol. The molecule has 4 heteroatoms. The van der Waals surface area contributed by atoms with Crippen molar-refractivity contribution in [2.45, 2.75) is 38.8 Å². The molecule has 3 aromatic carbocycles. The lowest BCUT2D eigenvalue weighted by molar-refractivity contribution is -0.134. The number of hydrogen-bond acceptors (Lipinski definition) is 3. The number of ether oxygens (including phenoxy) is 1. The van der Waals surface area contributed by atoms with Gasteiger partial charge in [0, 0.05) is 25.6 Å².